The van der Waals surface area contributed by atoms with Crippen molar-refractivity contribution in [3.05, 3.63) is 25.3 Å². The molecule has 0 saturated carbocycles. The van der Waals surface area contributed by atoms with Gasteiger partial charge in [0.25, 0.3) is 0 Å². The van der Waals surface area contributed by atoms with Gasteiger partial charge < -0.3 is 35.9 Å². The Balaban J connectivity index is 1.09. The lowest BCUT2D eigenvalue weighted by Gasteiger charge is -2.30. The summed E-state index contributed by atoms with van der Waals surface area (Å²) >= 11 is 0. The van der Waals surface area contributed by atoms with Crippen LogP contribution < -0.4 is 11.5 Å². The van der Waals surface area contributed by atoms with E-state index >= 15 is 0 Å². The van der Waals surface area contributed by atoms with Crippen LogP contribution in [0.5, 0.6) is 0 Å². The monoisotopic (exact) mass is 647 g/mol. The molecular weight excluding hydrogens is 613 g/mol. The second-order valence-electron chi connectivity index (χ2n) is 11.0. The van der Waals surface area contributed by atoms with Gasteiger partial charge in [0, 0.05) is 26.6 Å². The van der Waals surface area contributed by atoms with Gasteiger partial charge in [0.1, 0.15) is 60.4 Å². The van der Waals surface area contributed by atoms with Crippen LogP contribution in [-0.4, -0.2) is 118 Å². The summed E-state index contributed by atoms with van der Waals surface area (Å²) in [5, 5.41) is 21.3. The number of nitrogen functional groups attached to an aromatic ring is 2. The molecule has 45 heavy (non-hydrogen) atoms. The van der Waals surface area contributed by atoms with Gasteiger partial charge in [-0.1, -0.05) is 0 Å². The molecule has 6 N–H and O–H groups in total. The van der Waals surface area contributed by atoms with E-state index in [-0.39, 0.29) is 31.3 Å². The molecule has 0 aliphatic carbocycles. The van der Waals surface area contributed by atoms with Gasteiger partial charge in [-0.05, 0) is 12.8 Å². The number of anilines is 2. The van der Waals surface area contributed by atoms with Gasteiger partial charge >= 0.3 is 7.75 Å². The number of hydrogen-bond acceptors (Lipinski definition) is 16. The summed E-state index contributed by atoms with van der Waals surface area (Å²) in [5.74, 6) is 0.427. The number of aromatic nitrogens is 8. The van der Waals surface area contributed by atoms with E-state index in [0.717, 1.165) is 12.8 Å². The van der Waals surface area contributed by atoms with Crippen LogP contribution in [0.1, 0.15) is 31.7 Å². The van der Waals surface area contributed by atoms with Crippen LogP contribution in [0, 0.1) is 0 Å². The van der Waals surface area contributed by atoms with Crippen molar-refractivity contribution < 1.29 is 38.0 Å². The number of hydrogen-bond donors (Lipinski definition) is 4. The van der Waals surface area contributed by atoms with Crippen LogP contribution in [0.4, 0.5) is 11.6 Å². The Bertz CT molecular complexity index is 1720. The molecule has 242 valence electrons. The Morgan fingerprint density at radius 1 is 0.956 bits per heavy atom. The van der Waals surface area contributed by atoms with Gasteiger partial charge in [0.2, 0.25) is 0 Å². The zero-order chi connectivity index (χ0) is 31.3. The van der Waals surface area contributed by atoms with Crippen LogP contribution in [0.3, 0.4) is 0 Å². The molecule has 8 atom stereocenters. The van der Waals surface area contributed by atoms with Crippen LogP contribution in [0.15, 0.2) is 25.3 Å². The van der Waals surface area contributed by atoms with E-state index in [2.05, 4.69) is 29.9 Å². The second-order valence-corrected chi connectivity index (χ2v) is 13.0. The maximum atomic E-state index is 14.5. The predicted octanol–water partition coefficient (Wildman–Crippen LogP) is -0.0106. The van der Waals surface area contributed by atoms with Crippen molar-refractivity contribution in [3.8, 4) is 0 Å². The highest BCUT2D eigenvalue weighted by Crippen LogP contribution is 2.57. The lowest BCUT2D eigenvalue weighted by atomic mass is 10.1. The number of fused-ring (bicyclic) bond motifs is 2. The summed E-state index contributed by atoms with van der Waals surface area (Å²) in [6.07, 6.45) is 1.46. The van der Waals surface area contributed by atoms with Crippen molar-refractivity contribution in [1.29, 1.82) is 0 Å². The number of methoxy groups -OCH3 is 1. The zero-order valence-electron chi connectivity index (χ0n) is 24.3. The summed E-state index contributed by atoms with van der Waals surface area (Å²) < 4.78 is 49.6. The third-order valence-corrected chi connectivity index (χ3v) is 10.5. The van der Waals surface area contributed by atoms with E-state index in [9.17, 15) is 14.8 Å². The van der Waals surface area contributed by atoms with Crippen molar-refractivity contribution in [1.82, 2.24) is 43.7 Å². The Morgan fingerprint density at radius 3 is 2.24 bits per heavy atom. The van der Waals surface area contributed by atoms with Crippen LogP contribution in [-0.2, 0) is 27.8 Å². The van der Waals surface area contributed by atoms with Crippen LogP contribution >= 0.6 is 7.75 Å². The molecule has 3 aliphatic rings. The number of ether oxygens (including phenoxy) is 3. The van der Waals surface area contributed by atoms with E-state index in [0.29, 0.717) is 35.4 Å². The number of nitrogens with two attached hydrogens (primary N) is 2. The predicted molar refractivity (Wildman–Crippen MR) is 155 cm³/mol. The maximum absolute atomic E-state index is 14.5. The van der Waals surface area contributed by atoms with Crippen molar-refractivity contribution in [3.63, 3.8) is 0 Å². The smallest absolute Gasteiger partial charge is 0.394 e. The molecule has 4 aromatic heterocycles. The SMILES string of the molecule is CO[C@@H]1C(O)[C@@H](COP(=O)(OC2C[C@H](n3cnc4c(N)ncnc43)O[C@@H]2CO)N2CCCC2)O[C@H]1n1cnc2c(N)ncnc21. The summed E-state index contributed by atoms with van der Waals surface area (Å²) in [5.41, 5.74) is 13.5. The number of imidazole rings is 2. The lowest BCUT2D eigenvalue weighted by molar-refractivity contribution is -0.0611. The quantitative estimate of drug-likeness (QED) is 0.165. The molecule has 4 aromatic rings. The number of aliphatic hydroxyl groups excluding tert-OH is 2. The van der Waals surface area contributed by atoms with Crippen molar-refractivity contribution in [2.24, 2.45) is 0 Å². The molecule has 0 radical (unpaired) electrons. The summed E-state index contributed by atoms with van der Waals surface area (Å²) in [7, 11) is -2.53. The Hall–Kier alpha value is -3.39. The van der Waals surface area contributed by atoms with E-state index in [1.165, 1.54) is 32.4 Å². The molecule has 19 nitrogen and oxygen atoms in total. The van der Waals surface area contributed by atoms with E-state index in [4.69, 9.17) is 34.7 Å². The minimum absolute atomic E-state index is 0.202. The Kier molecular flexibility index (Phi) is 8.13. The fourth-order valence-electron chi connectivity index (χ4n) is 6.08. The standard InChI is InChI=1S/C25H34N11O8P/c1-40-20-19(38)15(43-25(20)36-12-33-18-22(27)29-10-31-24(18)36)8-41-45(39,34-4-2-3-5-34)44-13-6-16(42-14(13)7-37)35-11-32-17-21(26)28-9-30-23(17)35/h9-16,19-20,25,37-38H,2-8H2,1H3,(H2,26,28,30)(H2,27,29,31)/t13?,14-,15-,16-,19?,20-,25-,45?/m1/s1. The lowest BCUT2D eigenvalue weighted by Crippen LogP contribution is -2.36. The topological polar surface area (TPSA) is 246 Å². The summed E-state index contributed by atoms with van der Waals surface area (Å²) in [4.78, 5) is 25.0. The molecule has 0 bridgehead atoms. The first-order valence-corrected chi connectivity index (χ1v) is 16.0. The third-order valence-electron chi connectivity index (χ3n) is 8.40. The van der Waals surface area contributed by atoms with E-state index < -0.39 is 50.7 Å². The summed E-state index contributed by atoms with van der Waals surface area (Å²) in [6, 6.07) is 0. The molecule has 3 aliphatic heterocycles. The van der Waals surface area contributed by atoms with Crippen molar-refractivity contribution >= 4 is 41.7 Å². The minimum atomic E-state index is -3.98. The fourth-order valence-corrected chi connectivity index (χ4v) is 8.11. The number of nitrogens with zero attached hydrogens (tertiary/aromatic N) is 9. The first kappa shape index (κ1) is 30.3. The highest BCUT2D eigenvalue weighted by Gasteiger charge is 2.49. The first-order chi connectivity index (χ1) is 21.8. The van der Waals surface area contributed by atoms with Crippen molar-refractivity contribution in [2.45, 2.75) is 62.2 Å². The Labute approximate surface area is 256 Å². The molecular formula is C25H34N11O8P. The molecule has 0 aromatic carbocycles. The average molecular weight is 648 g/mol. The zero-order valence-corrected chi connectivity index (χ0v) is 25.2. The molecule has 3 unspecified atom stereocenters. The van der Waals surface area contributed by atoms with Gasteiger partial charge in [-0.15, -0.1) is 0 Å². The molecule has 20 heteroatoms. The van der Waals surface area contributed by atoms with Gasteiger partial charge in [-0.2, -0.15) is 0 Å². The van der Waals surface area contributed by atoms with Gasteiger partial charge in [-0.25, -0.2) is 39.1 Å². The molecule has 7 rings (SSSR count). The minimum Gasteiger partial charge on any atom is -0.394 e. The second kappa shape index (κ2) is 12.1. The summed E-state index contributed by atoms with van der Waals surface area (Å²) in [6.45, 7) is 0.303. The van der Waals surface area contributed by atoms with Gasteiger partial charge in [0.05, 0.1) is 25.9 Å². The highest BCUT2D eigenvalue weighted by molar-refractivity contribution is 7.51. The molecule has 7 heterocycles. The number of aliphatic hydroxyl groups is 2. The van der Waals surface area contributed by atoms with Gasteiger partial charge in [-0.3, -0.25) is 18.2 Å². The average Bonchev–Trinajstić information content (AvgIpc) is 3.86. The van der Waals surface area contributed by atoms with E-state index in [1.54, 1.807) is 13.8 Å². The number of rotatable bonds is 10. The Morgan fingerprint density at radius 2 is 1.60 bits per heavy atom. The maximum Gasteiger partial charge on any atom is 0.408 e. The third kappa shape index (κ3) is 5.33. The first-order valence-electron chi connectivity index (χ1n) is 14.5. The molecule has 3 saturated heterocycles. The van der Waals surface area contributed by atoms with Crippen LogP contribution in [0.25, 0.3) is 22.3 Å². The van der Waals surface area contributed by atoms with Crippen LogP contribution in [0.2, 0.25) is 0 Å². The molecule has 3 fully saturated rings. The molecule has 0 spiro atoms. The van der Waals surface area contributed by atoms with E-state index in [1.807, 2.05) is 0 Å². The highest BCUT2D eigenvalue weighted by atomic mass is 31.2. The van der Waals surface area contributed by atoms with Gasteiger partial charge in [0.15, 0.2) is 29.2 Å². The largest absolute Gasteiger partial charge is 0.408 e. The van der Waals surface area contributed by atoms with Crippen molar-refractivity contribution in [2.75, 3.05) is 44.9 Å². The normalized spacial score (nSPS) is 30.5. The fraction of sp³-hybridized carbons (Fsp3) is 0.600. The molecule has 0 amide bonds.